The van der Waals surface area contributed by atoms with E-state index in [0.29, 0.717) is 17.8 Å². The predicted octanol–water partition coefficient (Wildman–Crippen LogP) is 3.70. The molecule has 5 rings (SSSR count). The lowest BCUT2D eigenvalue weighted by atomic mass is 9.88. The number of nitrogens with zero attached hydrogens (tertiary/aromatic N) is 2. The quantitative estimate of drug-likeness (QED) is 0.605. The zero-order chi connectivity index (χ0) is 21.6. The van der Waals surface area contributed by atoms with Crippen molar-refractivity contribution in [3.05, 3.63) is 65.5 Å². The number of hydrogen-bond acceptors (Lipinski definition) is 3. The van der Waals surface area contributed by atoms with Gasteiger partial charge in [0.2, 0.25) is 5.54 Å². The highest BCUT2D eigenvalue weighted by Crippen LogP contribution is 2.44. The molecule has 1 atom stereocenters. The first-order valence-corrected chi connectivity index (χ1v) is 10.8. The first-order valence-electron chi connectivity index (χ1n) is 10.8. The fraction of sp³-hybridized carbons (Fsp3) is 0.375. The Bertz CT molecular complexity index is 1050. The van der Waals surface area contributed by atoms with Crippen LogP contribution >= 0.6 is 0 Å². The molecule has 2 aromatic carbocycles. The number of nitrogens with one attached hydrogen (secondary N) is 1. The fourth-order valence-electron chi connectivity index (χ4n) is 5.08. The molecule has 31 heavy (non-hydrogen) atoms. The zero-order valence-corrected chi connectivity index (χ0v) is 17.1. The summed E-state index contributed by atoms with van der Waals surface area (Å²) in [5.74, 6) is -1.05. The van der Waals surface area contributed by atoms with E-state index in [9.17, 15) is 18.8 Å². The van der Waals surface area contributed by atoms with Crippen LogP contribution in [0.3, 0.4) is 0 Å². The highest BCUT2D eigenvalue weighted by Gasteiger charge is 2.63. The molecule has 7 heteroatoms. The first kappa shape index (κ1) is 19.7. The number of carbonyl (C=O) groups excluding carboxylic acids is 3. The molecular formula is C24H24FN3O3. The van der Waals surface area contributed by atoms with Crippen molar-refractivity contribution in [2.45, 2.75) is 44.2 Å². The molecule has 2 aromatic rings. The monoisotopic (exact) mass is 421 g/mol. The number of hydrogen-bond donors (Lipinski definition) is 1. The zero-order valence-electron chi connectivity index (χ0n) is 17.1. The van der Waals surface area contributed by atoms with Crippen LogP contribution in [0.2, 0.25) is 0 Å². The molecule has 0 bridgehead atoms. The molecule has 1 saturated carbocycles. The van der Waals surface area contributed by atoms with Gasteiger partial charge in [0.25, 0.3) is 11.8 Å². The van der Waals surface area contributed by atoms with Crippen LogP contribution in [0.15, 0.2) is 48.5 Å². The lowest BCUT2D eigenvalue weighted by Gasteiger charge is -2.26. The third-order valence-corrected chi connectivity index (χ3v) is 6.69. The van der Waals surface area contributed by atoms with E-state index in [0.717, 1.165) is 31.2 Å². The van der Waals surface area contributed by atoms with Crippen LogP contribution in [-0.2, 0) is 21.7 Å². The van der Waals surface area contributed by atoms with E-state index in [1.165, 1.54) is 28.4 Å². The molecule has 4 amide bonds. The Morgan fingerprint density at radius 1 is 0.903 bits per heavy atom. The third kappa shape index (κ3) is 3.10. The number of benzene rings is 2. The predicted molar refractivity (Wildman–Crippen MR) is 113 cm³/mol. The van der Waals surface area contributed by atoms with Crippen molar-refractivity contribution < 1.29 is 18.8 Å². The van der Waals surface area contributed by atoms with Crippen LogP contribution in [0.5, 0.6) is 0 Å². The van der Waals surface area contributed by atoms with Gasteiger partial charge in [-0.05, 0) is 42.5 Å². The van der Waals surface area contributed by atoms with Crippen molar-refractivity contribution in [3.8, 4) is 0 Å². The summed E-state index contributed by atoms with van der Waals surface area (Å²) in [6.07, 6.45) is 5.38. The molecule has 2 aliphatic heterocycles. The maximum atomic E-state index is 13.6. The minimum atomic E-state index is -1.72. The smallest absolute Gasteiger partial charge is 0.311 e. The number of rotatable bonds is 4. The van der Waals surface area contributed by atoms with E-state index in [1.807, 2.05) is 0 Å². The molecule has 160 valence electrons. The van der Waals surface area contributed by atoms with Crippen LogP contribution in [0.1, 0.15) is 43.2 Å². The Morgan fingerprint density at radius 3 is 2.32 bits per heavy atom. The number of imide groups is 1. The van der Waals surface area contributed by atoms with Gasteiger partial charge >= 0.3 is 6.03 Å². The molecule has 1 aliphatic carbocycles. The largest absolute Gasteiger partial charge is 0.325 e. The van der Waals surface area contributed by atoms with Gasteiger partial charge in [-0.1, -0.05) is 49.6 Å². The molecule has 0 aromatic heterocycles. The summed E-state index contributed by atoms with van der Waals surface area (Å²) in [6, 6.07) is 12.4. The minimum Gasteiger partial charge on any atom is -0.311 e. The summed E-state index contributed by atoms with van der Waals surface area (Å²) >= 11 is 0. The highest BCUT2D eigenvalue weighted by molar-refractivity contribution is 6.27. The number of anilines is 1. The molecular weight excluding hydrogens is 397 g/mol. The average molecular weight is 421 g/mol. The van der Waals surface area contributed by atoms with E-state index in [2.05, 4.69) is 5.32 Å². The molecule has 1 spiro atoms. The fourth-order valence-corrected chi connectivity index (χ4v) is 5.08. The summed E-state index contributed by atoms with van der Waals surface area (Å²) in [5.41, 5.74) is 0.0941. The van der Waals surface area contributed by atoms with Crippen molar-refractivity contribution in [2.24, 2.45) is 5.92 Å². The second-order valence-corrected chi connectivity index (χ2v) is 8.63. The topological polar surface area (TPSA) is 69.7 Å². The van der Waals surface area contributed by atoms with E-state index in [4.69, 9.17) is 0 Å². The maximum absolute atomic E-state index is 13.6. The van der Waals surface area contributed by atoms with Crippen LogP contribution < -0.4 is 10.2 Å². The van der Waals surface area contributed by atoms with Gasteiger partial charge in [-0.25, -0.2) is 9.18 Å². The Balaban J connectivity index is 1.48. The summed E-state index contributed by atoms with van der Waals surface area (Å²) < 4.78 is 13.3. The first-order chi connectivity index (χ1) is 15.0. The summed E-state index contributed by atoms with van der Waals surface area (Å²) in [6.45, 7) is 0.531. The van der Waals surface area contributed by atoms with Crippen molar-refractivity contribution >= 4 is 23.5 Å². The van der Waals surface area contributed by atoms with Gasteiger partial charge < -0.3 is 10.2 Å². The molecule has 1 saturated heterocycles. The Kier molecular flexibility index (Phi) is 4.76. The molecule has 1 N–H and O–H groups in total. The van der Waals surface area contributed by atoms with Crippen molar-refractivity contribution in [3.63, 3.8) is 0 Å². The van der Waals surface area contributed by atoms with Gasteiger partial charge in [-0.2, -0.15) is 0 Å². The van der Waals surface area contributed by atoms with Crippen LogP contribution in [-0.4, -0.2) is 29.3 Å². The van der Waals surface area contributed by atoms with Crippen molar-refractivity contribution in [1.82, 2.24) is 10.2 Å². The SMILES string of the molecule is O=C1NC2(C(=O)N1CC1CCCCC1)C(=O)N(Cc1ccc(F)cc1)c1ccccc12. The Morgan fingerprint density at radius 2 is 1.58 bits per heavy atom. The van der Waals surface area contributed by atoms with Crippen LogP contribution in [0.4, 0.5) is 14.9 Å². The average Bonchev–Trinajstić information content (AvgIpc) is 3.17. The van der Waals surface area contributed by atoms with E-state index >= 15 is 0 Å². The van der Waals surface area contributed by atoms with E-state index in [1.54, 1.807) is 36.4 Å². The maximum Gasteiger partial charge on any atom is 0.325 e. The number of urea groups is 1. The summed E-state index contributed by atoms with van der Waals surface area (Å²) in [4.78, 5) is 42.8. The van der Waals surface area contributed by atoms with Crippen LogP contribution in [0.25, 0.3) is 0 Å². The van der Waals surface area contributed by atoms with Gasteiger partial charge in [0.1, 0.15) is 5.82 Å². The third-order valence-electron chi connectivity index (χ3n) is 6.69. The second kappa shape index (κ2) is 7.48. The van der Waals surface area contributed by atoms with Gasteiger partial charge in [-0.15, -0.1) is 0 Å². The second-order valence-electron chi connectivity index (χ2n) is 8.63. The number of amides is 4. The number of halogens is 1. The molecule has 1 unspecified atom stereocenters. The van der Waals surface area contributed by atoms with Gasteiger partial charge in [0.05, 0.1) is 12.2 Å². The van der Waals surface area contributed by atoms with Gasteiger partial charge in [-0.3, -0.25) is 14.5 Å². The van der Waals surface area contributed by atoms with Gasteiger partial charge in [0, 0.05) is 12.1 Å². The molecule has 6 nitrogen and oxygen atoms in total. The number of fused-ring (bicyclic) bond motifs is 2. The molecule has 2 heterocycles. The Hall–Kier alpha value is -3.22. The number of carbonyl (C=O) groups is 3. The summed E-state index contributed by atoms with van der Waals surface area (Å²) in [5, 5.41) is 2.74. The molecule has 0 radical (unpaired) electrons. The standard InChI is InChI=1S/C24H24FN3O3/c25-18-12-10-17(11-13-18)14-27-20-9-5-4-8-19(20)24(21(27)29)22(30)28(23(31)26-24)15-16-6-2-1-3-7-16/h4-5,8-13,16H,1-3,6-7,14-15H2,(H,26,31). The van der Waals surface area contributed by atoms with Crippen LogP contribution in [0, 0.1) is 11.7 Å². The van der Waals surface area contributed by atoms with E-state index < -0.39 is 23.4 Å². The minimum absolute atomic E-state index is 0.184. The normalized spacial score (nSPS) is 23.6. The van der Waals surface area contributed by atoms with Crippen molar-refractivity contribution in [2.75, 3.05) is 11.4 Å². The molecule has 3 aliphatic rings. The Labute approximate surface area is 180 Å². The number of para-hydroxylation sites is 1. The molecule has 2 fully saturated rings. The van der Waals surface area contributed by atoms with Gasteiger partial charge in [0.15, 0.2) is 0 Å². The lowest BCUT2D eigenvalue weighted by Crippen LogP contribution is -2.52. The van der Waals surface area contributed by atoms with Crippen molar-refractivity contribution in [1.29, 1.82) is 0 Å². The van der Waals surface area contributed by atoms with E-state index in [-0.39, 0.29) is 18.3 Å². The highest BCUT2D eigenvalue weighted by atomic mass is 19.1. The summed E-state index contributed by atoms with van der Waals surface area (Å²) in [7, 11) is 0. The lowest BCUT2D eigenvalue weighted by molar-refractivity contribution is -0.138.